The molecular formula is C27H32N4. The zero-order valence-corrected chi connectivity index (χ0v) is 18.1. The SMILES string of the molecule is C=C(N/C=C(\N)c1ccc(CCc2ccncc2)cc1)NCCCCc1ccccc1. The van der Waals surface area contributed by atoms with Crippen molar-refractivity contribution in [3.05, 3.63) is 120 Å². The predicted molar refractivity (Wildman–Crippen MR) is 130 cm³/mol. The number of benzene rings is 2. The second-order valence-corrected chi connectivity index (χ2v) is 7.64. The highest BCUT2D eigenvalue weighted by atomic mass is 15.1. The van der Waals surface area contributed by atoms with Crippen molar-refractivity contribution in [3.8, 4) is 0 Å². The van der Waals surface area contributed by atoms with Crippen LogP contribution in [0.15, 0.2) is 97.7 Å². The Bertz CT molecular complexity index is 948. The second-order valence-electron chi connectivity index (χ2n) is 7.64. The van der Waals surface area contributed by atoms with Gasteiger partial charge in [-0.2, -0.15) is 0 Å². The molecule has 0 spiro atoms. The molecule has 0 bridgehead atoms. The Morgan fingerprint density at radius 3 is 2.16 bits per heavy atom. The molecule has 4 nitrogen and oxygen atoms in total. The maximum Gasteiger partial charge on any atom is 0.0953 e. The van der Waals surface area contributed by atoms with E-state index in [2.05, 4.69) is 88.9 Å². The highest BCUT2D eigenvalue weighted by molar-refractivity contribution is 5.62. The van der Waals surface area contributed by atoms with E-state index < -0.39 is 0 Å². The van der Waals surface area contributed by atoms with Crippen molar-refractivity contribution < 1.29 is 0 Å². The minimum atomic E-state index is 0.688. The summed E-state index contributed by atoms with van der Waals surface area (Å²) in [6.07, 6.45) is 10.8. The topological polar surface area (TPSA) is 63.0 Å². The summed E-state index contributed by atoms with van der Waals surface area (Å²) in [7, 11) is 0. The molecule has 4 N–H and O–H groups in total. The van der Waals surface area contributed by atoms with Crippen LogP contribution in [-0.4, -0.2) is 11.5 Å². The molecule has 3 aromatic rings. The van der Waals surface area contributed by atoms with Gasteiger partial charge in [0, 0.05) is 25.1 Å². The number of pyridine rings is 1. The number of unbranched alkanes of at least 4 members (excludes halogenated alkanes) is 1. The summed E-state index contributed by atoms with van der Waals surface area (Å²) in [4.78, 5) is 4.06. The van der Waals surface area contributed by atoms with Crippen molar-refractivity contribution in [1.29, 1.82) is 0 Å². The van der Waals surface area contributed by atoms with Crippen molar-refractivity contribution in [2.45, 2.75) is 32.1 Å². The third-order valence-corrected chi connectivity index (χ3v) is 5.21. The lowest BCUT2D eigenvalue weighted by Gasteiger charge is -2.11. The van der Waals surface area contributed by atoms with Gasteiger partial charge in [0.25, 0.3) is 0 Å². The van der Waals surface area contributed by atoms with Gasteiger partial charge in [-0.25, -0.2) is 0 Å². The molecule has 0 fully saturated rings. The van der Waals surface area contributed by atoms with Crippen LogP contribution in [-0.2, 0) is 19.3 Å². The van der Waals surface area contributed by atoms with E-state index in [-0.39, 0.29) is 0 Å². The van der Waals surface area contributed by atoms with E-state index in [4.69, 9.17) is 5.73 Å². The lowest BCUT2D eigenvalue weighted by Crippen LogP contribution is -2.23. The summed E-state index contributed by atoms with van der Waals surface area (Å²) in [6, 6.07) is 23.1. The van der Waals surface area contributed by atoms with Crippen molar-refractivity contribution in [3.63, 3.8) is 0 Å². The van der Waals surface area contributed by atoms with Gasteiger partial charge < -0.3 is 16.4 Å². The van der Waals surface area contributed by atoms with Crippen molar-refractivity contribution in [1.82, 2.24) is 15.6 Å². The van der Waals surface area contributed by atoms with E-state index in [0.717, 1.165) is 50.0 Å². The van der Waals surface area contributed by atoms with Gasteiger partial charge in [0.2, 0.25) is 0 Å². The van der Waals surface area contributed by atoms with Gasteiger partial charge in [-0.15, -0.1) is 0 Å². The van der Waals surface area contributed by atoms with Crippen LogP contribution >= 0.6 is 0 Å². The van der Waals surface area contributed by atoms with Crippen LogP contribution < -0.4 is 16.4 Å². The summed E-state index contributed by atoms with van der Waals surface area (Å²) < 4.78 is 0. The zero-order chi connectivity index (χ0) is 21.7. The molecule has 0 atom stereocenters. The normalized spacial score (nSPS) is 11.2. The fourth-order valence-electron chi connectivity index (χ4n) is 3.34. The van der Waals surface area contributed by atoms with Crippen LogP contribution in [0, 0.1) is 0 Å². The molecule has 160 valence electrons. The number of hydrogen-bond acceptors (Lipinski definition) is 4. The minimum Gasteiger partial charge on any atom is -0.397 e. The number of nitrogens with zero attached hydrogens (tertiary/aromatic N) is 1. The first-order chi connectivity index (χ1) is 15.2. The van der Waals surface area contributed by atoms with Crippen molar-refractivity contribution in [2.75, 3.05) is 6.54 Å². The van der Waals surface area contributed by atoms with Gasteiger partial charge in [-0.05, 0) is 66.5 Å². The Labute approximate surface area is 185 Å². The highest BCUT2D eigenvalue weighted by Gasteiger charge is 2.00. The molecule has 0 aliphatic rings. The minimum absolute atomic E-state index is 0.688. The van der Waals surface area contributed by atoms with Crippen molar-refractivity contribution in [2.24, 2.45) is 5.73 Å². The monoisotopic (exact) mass is 412 g/mol. The van der Waals surface area contributed by atoms with Crippen LogP contribution in [0.3, 0.4) is 0 Å². The van der Waals surface area contributed by atoms with Gasteiger partial charge in [0.05, 0.1) is 11.5 Å². The fraction of sp³-hybridized carbons (Fsp3) is 0.222. The summed E-state index contributed by atoms with van der Waals surface area (Å²) in [5, 5.41) is 6.46. The molecule has 0 aliphatic carbocycles. The Balaban J connectivity index is 1.35. The van der Waals surface area contributed by atoms with Crippen molar-refractivity contribution >= 4 is 5.70 Å². The number of nitrogens with two attached hydrogens (primary N) is 1. The fourth-order valence-corrected chi connectivity index (χ4v) is 3.34. The largest absolute Gasteiger partial charge is 0.397 e. The second kappa shape index (κ2) is 12.2. The maximum absolute atomic E-state index is 6.22. The molecule has 0 saturated carbocycles. The smallest absolute Gasteiger partial charge is 0.0953 e. The van der Waals surface area contributed by atoms with Gasteiger partial charge >= 0.3 is 0 Å². The van der Waals surface area contributed by atoms with E-state index in [0.29, 0.717) is 5.70 Å². The standard InChI is InChI=1S/C27H32N4/c1-22(30-18-6-5-9-23-7-3-2-4-8-23)31-21-27(28)26-14-12-24(13-15-26)10-11-25-16-19-29-20-17-25/h2-4,7-8,12-17,19-21,30-31H,1,5-6,9-11,18,28H2/b27-21-. The van der Waals surface area contributed by atoms with Crippen LogP contribution in [0.2, 0.25) is 0 Å². The molecule has 31 heavy (non-hydrogen) atoms. The molecule has 4 heteroatoms. The first-order valence-electron chi connectivity index (χ1n) is 10.9. The third-order valence-electron chi connectivity index (χ3n) is 5.21. The molecule has 1 aromatic heterocycles. The van der Waals surface area contributed by atoms with Gasteiger partial charge in [0.1, 0.15) is 0 Å². The number of hydrogen-bond donors (Lipinski definition) is 3. The quantitative estimate of drug-likeness (QED) is 0.374. The summed E-state index contributed by atoms with van der Waals surface area (Å²) in [6.45, 7) is 4.90. The zero-order valence-electron chi connectivity index (χ0n) is 18.1. The number of rotatable bonds is 12. The van der Waals surface area contributed by atoms with Crippen LogP contribution in [0.1, 0.15) is 35.1 Å². The van der Waals surface area contributed by atoms with E-state index in [9.17, 15) is 0 Å². The highest BCUT2D eigenvalue weighted by Crippen LogP contribution is 2.12. The Morgan fingerprint density at radius 2 is 1.45 bits per heavy atom. The first kappa shape index (κ1) is 22.2. The van der Waals surface area contributed by atoms with Crippen LogP contribution in [0.25, 0.3) is 5.70 Å². The maximum atomic E-state index is 6.22. The van der Waals surface area contributed by atoms with Gasteiger partial charge in [-0.3, -0.25) is 4.98 Å². The Hall–Kier alpha value is -3.53. The molecular weight excluding hydrogens is 380 g/mol. The van der Waals surface area contributed by atoms with Gasteiger partial charge in [-0.1, -0.05) is 61.2 Å². The molecule has 0 saturated heterocycles. The van der Waals surface area contributed by atoms with Crippen LogP contribution in [0.4, 0.5) is 0 Å². The molecule has 2 aromatic carbocycles. The predicted octanol–water partition coefficient (Wildman–Crippen LogP) is 4.80. The molecule has 0 radical (unpaired) electrons. The number of aromatic nitrogens is 1. The Kier molecular flexibility index (Phi) is 8.74. The molecule has 0 aliphatic heterocycles. The Morgan fingerprint density at radius 1 is 0.806 bits per heavy atom. The van der Waals surface area contributed by atoms with E-state index in [1.807, 2.05) is 12.4 Å². The first-order valence-corrected chi connectivity index (χ1v) is 10.9. The van der Waals surface area contributed by atoms with E-state index in [1.165, 1.54) is 16.7 Å². The lowest BCUT2D eigenvalue weighted by atomic mass is 10.0. The third kappa shape index (κ3) is 8.01. The number of aryl methyl sites for hydroxylation is 3. The molecule has 0 amide bonds. The summed E-state index contributed by atoms with van der Waals surface area (Å²) >= 11 is 0. The molecule has 0 unspecified atom stereocenters. The summed E-state index contributed by atoms with van der Waals surface area (Å²) in [5.41, 5.74) is 11.9. The van der Waals surface area contributed by atoms with Gasteiger partial charge in [0.15, 0.2) is 0 Å². The average molecular weight is 413 g/mol. The van der Waals surface area contributed by atoms with E-state index >= 15 is 0 Å². The number of nitrogens with one attached hydrogen (secondary N) is 2. The molecule has 3 rings (SSSR count). The van der Waals surface area contributed by atoms with E-state index in [1.54, 1.807) is 6.20 Å². The average Bonchev–Trinajstić information content (AvgIpc) is 2.82. The summed E-state index contributed by atoms with van der Waals surface area (Å²) in [5.74, 6) is 0.761. The van der Waals surface area contributed by atoms with Crippen LogP contribution in [0.5, 0.6) is 0 Å². The molecule has 1 heterocycles. The lowest BCUT2D eigenvalue weighted by molar-refractivity contribution is 0.661.